The molecule has 5 heteroatoms. The van der Waals surface area contributed by atoms with Crippen molar-refractivity contribution in [2.45, 2.75) is 32.2 Å². The second-order valence-electron chi connectivity index (χ2n) is 5.54. The Hall–Kier alpha value is -0.970. The third-order valence-corrected chi connectivity index (χ3v) is 4.02. The third kappa shape index (κ3) is 6.03. The first-order valence-corrected chi connectivity index (χ1v) is 8.07. The van der Waals surface area contributed by atoms with Gasteiger partial charge in [0, 0.05) is 12.6 Å². The SMILES string of the molecule is CCOc1ccccc1OCCN(C)C1CCCNCC1.Cl. The van der Waals surface area contributed by atoms with Crippen LogP contribution >= 0.6 is 12.4 Å². The number of rotatable bonds is 7. The Morgan fingerprint density at radius 1 is 1.14 bits per heavy atom. The lowest BCUT2D eigenvalue weighted by atomic mass is 10.1. The molecule has 0 bridgehead atoms. The van der Waals surface area contributed by atoms with Gasteiger partial charge in [-0.25, -0.2) is 0 Å². The van der Waals surface area contributed by atoms with Crippen molar-refractivity contribution < 1.29 is 9.47 Å². The van der Waals surface area contributed by atoms with Crippen LogP contribution in [-0.2, 0) is 0 Å². The van der Waals surface area contributed by atoms with Gasteiger partial charge in [0.25, 0.3) is 0 Å². The van der Waals surface area contributed by atoms with Crippen molar-refractivity contribution in [3.63, 3.8) is 0 Å². The molecule has 0 spiro atoms. The standard InChI is InChI=1S/C17H28N2O2.ClH/c1-3-20-16-8-4-5-9-17(16)21-14-13-19(2)15-7-6-11-18-12-10-15;/h4-5,8-9,15,18H,3,6-7,10-14H2,1-2H3;1H. The fourth-order valence-electron chi connectivity index (χ4n) is 2.77. The minimum Gasteiger partial charge on any atom is -0.490 e. The monoisotopic (exact) mass is 328 g/mol. The van der Waals surface area contributed by atoms with Crippen molar-refractivity contribution >= 4 is 12.4 Å². The third-order valence-electron chi connectivity index (χ3n) is 4.02. The Balaban J connectivity index is 0.00000242. The zero-order valence-corrected chi connectivity index (χ0v) is 14.5. The normalized spacial score (nSPS) is 18.4. The maximum absolute atomic E-state index is 5.90. The van der Waals surface area contributed by atoms with E-state index in [0.717, 1.165) is 31.1 Å². The Bertz CT molecular complexity index is 409. The summed E-state index contributed by atoms with van der Waals surface area (Å²) >= 11 is 0. The summed E-state index contributed by atoms with van der Waals surface area (Å²) in [4.78, 5) is 2.43. The van der Waals surface area contributed by atoms with E-state index in [4.69, 9.17) is 9.47 Å². The number of likely N-dealkylation sites (N-methyl/N-ethyl adjacent to an activating group) is 1. The fourth-order valence-corrected chi connectivity index (χ4v) is 2.77. The summed E-state index contributed by atoms with van der Waals surface area (Å²) in [5.74, 6) is 1.68. The molecule has 126 valence electrons. The second-order valence-corrected chi connectivity index (χ2v) is 5.54. The van der Waals surface area contributed by atoms with Gasteiger partial charge in [-0.05, 0) is 58.5 Å². The zero-order valence-electron chi connectivity index (χ0n) is 13.7. The van der Waals surface area contributed by atoms with Gasteiger partial charge >= 0.3 is 0 Å². The molecule has 1 N–H and O–H groups in total. The van der Waals surface area contributed by atoms with Gasteiger partial charge in [-0.3, -0.25) is 4.90 Å². The van der Waals surface area contributed by atoms with Crippen LogP contribution < -0.4 is 14.8 Å². The highest BCUT2D eigenvalue weighted by Crippen LogP contribution is 2.26. The summed E-state index contributed by atoms with van der Waals surface area (Å²) in [5.41, 5.74) is 0. The Labute approximate surface area is 140 Å². The molecule has 0 radical (unpaired) electrons. The van der Waals surface area contributed by atoms with E-state index in [0.29, 0.717) is 19.3 Å². The number of hydrogen-bond acceptors (Lipinski definition) is 4. The minimum atomic E-state index is 0. The molecule has 0 aromatic heterocycles. The average Bonchev–Trinajstić information content (AvgIpc) is 2.78. The van der Waals surface area contributed by atoms with Crippen LogP contribution in [0.1, 0.15) is 26.2 Å². The predicted molar refractivity (Wildman–Crippen MR) is 93.5 cm³/mol. The van der Waals surface area contributed by atoms with Crippen LogP contribution in [0.5, 0.6) is 11.5 Å². The van der Waals surface area contributed by atoms with E-state index in [2.05, 4.69) is 17.3 Å². The van der Waals surface area contributed by atoms with Gasteiger partial charge in [0.15, 0.2) is 11.5 Å². The molecule has 4 nitrogen and oxygen atoms in total. The van der Waals surface area contributed by atoms with Crippen molar-refractivity contribution in [3.05, 3.63) is 24.3 Å². The molecule has 1 fully saturated rings. The van der Waals surface area contributed by atoms with E-state index >= 15 is 0 Å². The van der Waals surface area contributed by atoms with Crippen LogP contribution in [0, 0.1) is 0 Å². The zero-order chi connectivity index (χ0) is 14.9. The topological polar surface area (TPSA) is 33.7 Å². The van der Waals surface area contributed by atoms with Gasteiger partial charge in [0.1, 0.15) is 6.61 Å². The van der Waals surface area contributed by atoms with Crippen LogP contribution in [0.2, 0.25) is 0 Å². The number of hydrogen-bond donors (Lipinski definition) is 1. The van der Waals surface area contributed by atoms with Gasteiger partial charge in [-0.2, -0.15) is 0 Å². The lowest BCUT2D eigenvalue weighted by Gasteiger charge is -2.26. The maximum atomic E-state index is 5.90. The fraction of sp³-hybridized carbons (Fsp3) is 0.647. The first kappa shape index (κ1) is 19.1. The van der Waals surface area contributed by atoms with Crippen molar-refractivity contribution in [2.75, 3.05) is 39.9 Å². The van der Waals surface area contributed by atoms with E-state index in [1.54, 1.807) is 0 Å². The average molecular weight is 329 g/mol. The van der Waals surface area contributed by atoms with E-state index in [1.807, 2.05) is 31.2 Å². The van der Waals surface area contributed by atoms with Gasteiger partial charge in [-0.1, -0.05) is 12.1 Å². The summed E-state index contributed by atoms with van der Waals surface area (Å²) in [5, 5.41) is 3.46. The first-order chi connectivity index (χ1) is 10.3. The molecule has 1 heterocycles. The van der Waals surface area contributed by atoms with Gasteiger partial charge < -0.3 is 14.8 Å². The second kappa shape index (κ2) is 10.7. The van der Waals surface area contributed by atoms with Gasteiger partial charge in [0.2, 0.25) is 0 Å². The van der Waals surface area contributed by atoms with Crippen LogP contribution in [0.4, 0.5) is 0 Å². The molecule has 1 aliphatic rings. The van der Waals surface area contributed by atoms with Crippen LogP contribution in [0.25, 0.3) is 0 Å². The lowest BCUT2D eigenvalue weighted by Crippen LogP contribution is -2.35. The summed E-state index contributed by atoms with van der Waals surface area (Å²) in [6.45, 7) is 6.58. The number of ether oxygens (including phenoxy) is 2. The molecular formula is C17H29ClN2O2. The summed E-state index contributed by atoms with van der Waals surface area (Å²) < 4.78 is 11.5. The Morgan fingerprint density at radius 2 is 1.86 bits per heavy atom. The molecule has 22 heavy (non-hydrogen) atoms. The summed E-state index contributed by atoms with van der Waals surface area (Å²) in [6.07, 6.45) is 3.77. The number of nitrogens with zero attached hydrogens (tertiary/aromatic N) is 1. The molecule has 0 amide bonds. The molecule has 1 saturated heterocycles. The number of para-hydroxylation sites is 2. The Kier molecular flexibility index (Phi) is 9.28. The summed E-state index contributed by atoms with van der Waals surface area (Å²) in [7, 11) is 2.20. The van der Waals surface area contributed by atoms with E-state index in [9.17, 15) is 0 Å². The smallest absolute Gasteiger partial charge is 0.161 e. The van der Waals surface area contributed by atoms with Crippen LogP contribution in [0.15, 0.2) is 24.3 Å². The maximum Gasteiger partial charge on any atom is 0.161 e. The molecule has 1 aromatic carbocycles. The van der Waals surface area contributed by atoms with Crippen molar-refractivity contribution in [1.29, 1.82) is 0 Å². The molecular weight excluding hydrogens is 300 g/mol. The van der Waals surface area contributed by atoms with Crippen molar-refractivity contribution in [1.82, 2.24) is 10.2 Å². The van der Waals surface area contributed by atoms with Crippen molar-refractivity contribution in [2.24, 2.45) is 0 Å². The largest absolute Gasteiger partial charge is 0.490 e. The van der Waals surface area contributed by atoms with E-state index in [-0.39, 0.29) is 12.4 Å². The lowest BCUT2D eigenvalue weighted by molar-refractivity contribution is 0.177. The van der Waals surface area contributed by atoms with E-state index < -0.39 is 0 Å². The van der Waals surface area contributed by atoms with Crippen LogP contribution in [0.3, 0.4) is 0 Å². The molecule has 1 aliphatic heterocycles. The Morgan fingerprint density at radius 3 is 2.59 bits per heavy atom. The number of nitrogens with one attached hydrogen (secondary N) is 1. The molecule has 2 rings (SSSR count). The van der Waals surface area contributed by atoms with Gasteiger partial charge in [-0.15, -0.1) is 12.4 Å². The molecule has 1 atom stereocenters. The highest BCUT2D eigenvalue weighted by Gasteiger charge is 2.16. The van der Waals surface area contributed by atoms with Crippen molar-refractivity contribution in [3.8, 4) is 11.5 Å². The van der Waals surface area contributed by atoms with E-state index in [1.165, 1.54) is 19.3 Å². The summed E-state index contributed by atoms with van der Waals surface area (Å²) in [6, 6.07) is 8.56. The predicted octanol–water partition coefficient (Wildman–Crippen LogP) is 2.96. The first-order valence-electron chi connectivity index (χ1n) is 8.07. The molecule has 0 saturated carbocycles. The molecule has 1 aromatic rings. The molecule has 1 unspecified atom stereocenters. The van der Waals surface area contributed by atoms with Crippen LogP contribution in [-0.4, -0.2) is 50.8 Å². The van der Waals surface area contributed by atoms with Gasteiger partial charge in [0.05, 0.1) is 6.61 Å². The minimum absolute atomic E-state index is 0. The highest BCUT2D eigenvalue weighted by atomic mass is 35.5. The quantitative estimate of drug-likeness (QED) is 0.834. The highest BCUT2D eigenvalue weighted by molar-refractivity contribution is 5.85. The number of benzene rings is 1. The number of halogens is 1. The molecule has 0 aliphatic carbocycles.